The molecule has 0 saturated heterocycles. The molecule has 0 fully saturated rings. The number of fused-ring (bicyclic) bond motifs is 1. The fourth-order valence-corrected chi connectivity index (χ4v) is 3.66. The molecule has 0 aliphatic carbocycles. The first-order chi connectivity index (χ1) is 16.5. The van der Waals surface area contributed by atoms with E-state index in [1.54, 1.807) is 43.5 Å². The predicted octanol–water partition coefficient (Wildman–Crippen LogP) is 4.73. The summed E-state index contributed by atoms with van der Waals surface area (Å²) < 4.78 is 21.9. The fraction of sp³-hybridized carbons (Fsp3) is 0.185. The number of amides is 1. The van der Waals surface area contributed by atoms with Gasteiger partial charge in [-0.15, -0.1) is 0 Å². The number of rotatable bonds is 8. The highest BCUT2D eigenvalue weighted by molar-refractivity contribution is 5.83. The summed E-state index contributed by atoms with van der Waals surface area (Å²) in [5.74, 6) is 1.27. The van der Waals surface area contributed by atoms with E-state index in [1.165, 1.54) is 13.4 Å². The Hall–Kier alpha value is -4.26. The van der Waals surface area contributed by atoms with Crippen molar-refractivity contribution in [3.63, 3.8) is 0 Å². The minimum Gasteiger partial charge on any atom is -0.493 e. The van der Waals surface area contributed by atoms with Crippen molar-refractivity contribution in [3.05, 3.63) is 88.8 Å². The van der Waals surface area contributed by atoms with Crippen LogP contribution in [0.1, 0.15) is 18.5 Å². The van der Waals surface area contributed by atoms with E-state index in [-0.39, 0.29) is 24.0 Å². The van der Waals surface area contributed by atoms with Gasteiger partial charge in [-0.05, 0) is 42.3 Å². The van der Waals surface area contributed by atoms with Gasteiger partial charge in [-0.1, -0.05) is 36.4 Å². The van der Waals surface area contributed by atoms with Crippen molar-refractivity contribution in [2.45, 2.75) is 13.0 Å². The van der Waals surface area contributed by atoms with Gasteiger partial charge in [-0.3, -0.25) is 9.59 Å². The summed E-state index contributed by atoms with van der Waals surface area (Å²) >= 11 is 0. The van der Waals surface area contributed by atoms with Crippen molar-refractivity contribution in [1.29, 1.82) is 0 Å². The van der Waals surface area contributed by atoms with E-state index in [9.17, 15) is 9.59 Å². The van der Waals surface area contributed by atoms with Crippen LogP contribution in [0.15, 0.2) is 82.2 Å². The van der Waals surface area contributed by atoms with Crippen LogP contribution in [-0.2, 0) is 4.79 Å². The zero-order valence-electron chi connectivity index (χ0n) is 19.2. The average molecular weight is 459 g/mol. The molecule has 0 radical (unpaired) electrons. The van der Waals surface area contributed by atoms with Crippen molar-refractivity contribution in [1.82, 2.24) is 5.32 Å². The molecule has 0 aliphatic rings. The molecule has 0 bridgehead atoms. The van der Waals surface area contributed by atoms with Gasteiger partial charge in [-0.25, -0.2) is 0 Å². The molecule has 3 aromatic carbocycles. The predicted molar refractivity (Wildman–Crippen MR) is 130 cm³/mol. The third-order valence-electron chi connectivity index (χ3n) is 5.49. The highest BCUT2D eigenvalue weighted by Crippen LogP contribution is 2.32. The van der Waals surface area contributed by atoms with E-state index in [0.29, 0.717) is 39.3 Å². The SMILES string of the molecule is COc1ccc(-c2coc3cc(OCC(=O)NC(C)c4ccccc4)ccc3c2=O)cc1OC. The fourth-order valence-electron chi connectivity index (χ4n) is 3.66. The van der Waals surface area contributed by atoms with Gasteiger partial charge in [0.25, 0.3) is 5.91 Å². The van der Waals surface area contributed by atoms with E-state index in [4.69, 9.17) is 18.6 Å². The molecule has 0 spiro atoms. The Balaban J connectivity index is 1.48. The van der Waals surface area contributed by atoms with Crippen molar-refractivity contribution < 1.29 is 23.4 Å². The highest BCUT2D eigenvalue weighted by Gasteiger charge is 2.14. The molecule has 1 heterocycles. The zero-order valence-corrected chi connectivity index (χ0v) is 19.2. The summed E-state index contributed by atoms with van der Waals surface area (Å²) in [5, 5.41) is 3.30. The Morgan fingerprint density at radius 2 is 1.74 bits per heavy atom. The molecule has 34 heavy (non-hydrogen) atoms. The summed E-state index contributed by atoms with van der Waals surface area (Å²) in [5.41, 5.74) is 2.24. The van der Waals surface area contributed by atoms with Crippen LogP contribution >= 0.6 is 0 Å². The minimum absolute atomic E-state index is 0.137. The maximum absolute atomic E-state index is 13.1. The normalized spacial score (nSPS) is 11.6. The molecular formula is C27H25NO6. The van der Waals surface area contributed by atoms with Gasteiger partial charge in [0, 0.05) is 6.07 Å². The summed E-state index contributed by atoms with van der Waals surface area (Å²) in [6.45, 7) is 1.75. The molecule has 0 aliphatic heterocycles. The van der Waals surface area contributed by atoms with Gasteiger partial charge < -0.3 is 23.9 Å². The van der Waals surface area contributed by atoms with Crippen molar-refractivity contribution in [2.75, 3.05) is 20.8 Å². The lowest BCUT2D eigenvalue weighted by Gasteiger charge is -2.14. The summed E-state index contributed by atoms with van der Waals surface area (Å²) in [4.78, 5) is 25.4. The lowest BCUT2D eigenvalue weighted by atomic mass is 10.0. The van der Waals surface area contributed by atoms with Crippen LogP contribution in [-0.4, -0.2) is 26.7 Å². The van der Waals surface area contributed by atoms with Crippen LogP contribution in [0.2, 0.25) is 0 Å². The Kier molecular flexibility index (Phi) is 6.82. The molecule has 4 aromatic rings. The van der Waals surface area contributed by atoms with Crippen molar-refractivity contribution >= 4 is 16.9 Å². The number of nitrogens with one attached hydrogen (secondary N) is 1. The Bertz CT molecular complexity index is 1360. The van der Waals surface area contributed by atoms with Crippen molar-refractivity contribution in [2.24, 2.45) is 0 Å². The minimum atomic E-state index is -0.248. The smallest absolute Gasteiger partial charge is 0.258 e. The van der Waals surface area contributed by atoms with Gasteiger partial charge in [0.1, 0.15) is 17.6 Å². The third kappa shape index (κ3) is 4.88. The van der Waals surface area contributed by atoms with E-state index >= 15 is 0 Å². The second-order valence-corrected chi connectivity index (χ2v) is 7.69. The maximum atomic E-state index is 13.1. The number of carbonyl (C=O) groups is 1. The van der Waals surface area contributed by atoms with E-state index in [2.05, 4.69) is 5.32 Å². The van der Waals surface area contributed by atoms with Gasteiger partial charge >= 0.3 is 0 Å². The maximum Gasteiger partial charge on any atom is 0.258 e. The van der Waals surface area contributed by atoms with Crippen LogP contribution in [0.3, 0.4) is 0 Å². The second-order valence-electron chi connectivity index (χ2n) is 7.69. The van der Waals surface area contributed by atoms with Gasteiger partial charge in [-0.2, -0.15) is 0 Å². The molecule has 1 aromatic heterocycles. The van der Waals surface area contributed by atoms with E-state index in [1.807, 2.05) is 37.3 Å². The molecule has 4 rings (SSSR count). The van der Waals surface area contributed by atoms with Crippen LogP contribution < -0.4 is 25.0 Å². The molecule has 7 heteroatoms. The third-order valence-corrected chi connectivity index (χ3v) is 5.49. The van der Waals surface area contributed by atoms with E-state index in [0.717, 1.165) is 5.56 Å². The van der Waals surface area contributed by atoms with Gasteiger partial charge in [0.2, 0.25) is 0 Å². The first-order valence-corrected chi connectivity index (χ1v) is 10.7. The summed E-state index contributed by atoms with van der Waals surface area (Å²) in [6, 6.07) is 19.6. The topological polar surface area (TPSA) is 87.0 Å². The first-order valence-electron chi connectivity index (χ1n) is 10.7. The molecule has 0 saturated carbocycles. The van der Waals surface area contributed by atoms with Gasteiger partial charge in [0.05, 0.1) is 31.2 Å². The average Bonchev–Trinajstić information content (AvgIpc) is 2.87. The molecule has 1 amide bonds. The quantitative estimate of drug-likeness (QED) is 0.410. The largest absolute Gasteiger partial charge is 0.493 e. The molecule has 174 valence electrons. The summed E-state index contributed by atoms with van der Waals surface area (Å²) in [6.07, 6.45) is 1.41. The number of carbonyl (C=O) groups excluding carboxylic acids is 1. The lowest BCUT2D eigenvalue weighted by molar-refractivity contribution is -0.123. The molecule has 1 unspecified atom stereocenters. The second kappa shape index (κ2) is 10.1. The number of methoxy groups -OCH3 is 2. The van der Waals surface area contributed by atoms with Gasteiger partial charge in [0.15, 0.2) is 23.5 Å². The number of hydrogen-bond acceptors (Lipinski definition) is 6. The first kappa shape index (κ1) is 22.9. The molecule has 1 N–H and O–H groups in total. The lowest BCUT2D eigenvalue weighted by Crippen LogP contribution is -2.31. The Morgan fingerprint density at radius 3 is 2.47 bits per heavy atom. The molecule has 7 nitrogen and oxygen atoms in total. The Morgan fingerprint density at radius 1 is 0.971 bits per heavy atom. The molecular weight excluding hydrogens is 434 g/mol. The molecule has 1 atom stereocenters. The monoisotopic (exact) mass is 459 g/mol. The number of hydrogen-bond donors (Lipinski definition) is 1. The van der Waals surface area contributed by atoms with Crippen LogP contribution in [0.5, 0.6) is 17.2 Å². The van der Waals surface area contributed by atoms with E-state index < -0.39 is 0 Å². The number of ether oxygens (including phenoxy) is 3. The standard InChI is InChI=1S/C27H25NO6/c1-17(18-7-5-4-6-8-18)28-26(29)16-33-20-10-11-21-24(14-20)34-15-22(27(21)30)19-9-12-23(31-2)25(13-19)32-3/h4-15,17H,16H2,1-3H3,(H,28,29). The number of benzene rings is 3. The zero-order chi connectivity index (χ0) is 24.1. The summed E-state index contributed by atoms with van der Waals surface area (Å²) in [7, 11) is 3.09. The Labute approximate surface area is 196 Å². The highest BCUT2D eigenvalue weighted by atomic mass is 16.5. The van der Waals surface area contributed by atoms with Crippen LogP contribution in [0, 0.1) is 0 Å². The van der Waals surface area contributed by atoms with Crippen LogP contribution in [0.4, 0.5) is 0 Å². The van der Waals surface area contributed by atoms with Crippen molar-refractivity contribution in [3.8, 4) is 28.4 Å². The van der Waals surface area contributed by atoms with Crippen LogP contribution in [0.25, 0.3) is 22.1 Å².